The van der Waals surface area contributed by atoms with Crippen molar-refractivity contribution < 1.29 is 4.79 Å². The van der Waals surface area contributed by atoms with Crippen molar-refractivity contribution in [3.8, 4) is 0 Å². The van der Waals surface area contributed by atoms with E-state index in [9.17, 15) is 4.79 Å². The molecule has 5 nitrogen and oxygen atoms in total. The highest BCUT2D eigenvalue weighted by molar-refractivity contribution is 5.88. The predicted octanol–water partition coefficient (Wildman–Crippen LogP) is 2.58. The highest BCUT2D eigenvalue weighted by Gasteiger charge is 2.17. The molecule has 0 saturated carbocycles. The number of carbonyl (C=O) groups excluding carboxylic acids is 1. The van der Waals surface area contributed by atoms with E-state index in [-0.39, 0.29) is 11.9 Å². The van der Waals surface area contributed by atoms with Crippen molar-refractivity contribution in [2.75, 3.05) is 5.32 Å². The molecular formula is C17H18N4O. The number of nitrogens with one attached hydrogen (secondary N) is 1. The number of carbonyl (C=O) groups is 1. The molecule has 0 saturated heterocycles. The van der Waals surface area contributed by atoms with Crippen molar-refractivity contribution in [3.05, 3.63) is 59.9 Å². The van der Waals surface area contributed by atoms with Crippen LogP contribution in [0.15, 0.2) is 48.5 Å². The van der Waals surface area contributed by atoms with Crippen LogP contribution in [0.25, 0.3) is 11.0 Å². The summed E-state index contributed by atoms with van der Waals surface area (Å²) in [6.45, 7) is 1.48. The van der Waals surface area contributed by atoms with Gasteiger partial charge in [0.15, 0.2) is 0 Å². The lowest BCUT2D eigenvalue weighted by Crippen LogP contribution is -2.17. The second-order valence-electron chi connectivity index (χ2n) is 5.30. The summed E-state index contributed by atoms with van der Waals surface area (Å²) in [6.07, 6.45) is 0. The summed E-state index contributed by atoms with van der Waals surface area (Å²) in [5, 5.41) is 2.77. The van der Waals surface area contributed by atoms with Crippen LogP contribution in [0.5, 0.6) is 0 Å². The highest BCUT2D eigenvalue weighted by atomic mass is 16.1. The molecule has 0 aliphatic heterocycles. The van der Waals surface area contributed by atoms with Gasteiger partial charge in [-0.25, -0.2) is 4.98 Å². The molecule has 22 heavy (non-hydrogen) atoms. The smallest absolute Gasteiger partial charge is 0.221 e. The molecule has 0 bridgehead atoms. The number of hydrogen-bond donors (Lipinski definition) is 2. The minimum atomic E-state index is -0.355. The molecule has 0 fully saturated rings. The van der Waals surface area contributed by atoms with Crippen LogP contribution >= 0.6 is 0 Å². The van der Waals surface area contributed by atoms with Gasteiger partial charge in [-0.15, -0.1) is 0 Å². The molecule has 1 unspecified atom stereocenters. The number of aryl methyl sites for hydroxylation is 1. The van der Waals surface area contributed by atoms with E-state index in [1.807, 2.05) is 60.1 Å². The summed E-state index contributed by atoms with van der Waals surface area (Å²) >= 11 is 0. The van der Waals surface area contributed by atoms with Gasteiger partial charge in [0.25, 0.3) is 0 Å². The van der Waals surface area contributed by atoms with Crippen molar-refractivity contribution in [3.63, 3.8) is 0 Å². The van der Waals surface area contributed by atoms with Gasteiger partial charge >= 0.3 is 0 Å². The Morgan fingerprint density at radius 2 is 2.00 bits per heavy atom. The Bertz CT molecular complexity index is 838. The Kier molecular flexibility index (Phi) is 3.65. The van der Waals surface area contributed by atoms with Crippen molar-refractivity contribution >= 4 is 22.6 Å². The zero-order valence-corrected chi connectivity index (χ0v) is 12.6. The fourth-order valence-electron chi connectivity index (χ4n) is 2.60. The Labute approximate surface area is 128 Å². The summed E-state index contributed by atoms with van der Waals surface area (Å²) in [5.74, 6) is 0.689. The molecule has 112 valence electrons. The standard InChI is InChI=1S/C17H18N4O/c1-11(22)19-13-7-5-6-12(10-13)16(18)17-20-14-8-3-4-9-15(14)21(17)2/h3-10,16H,18H2,1-2H3,(H,19,22). The van der Waals surface area contributed by atoms with Crippen LogP contribution in [-0.2, 0) is 11.8 Å². The summed E-state index contributed by atoms with van der Waals surface area (Å²) in [5.41, 5.74) is 10.00. The highest BCUT2D eigenvalue weighted by Crippen LogP contribution is 2.24. The lowest BCUT2D eigenvalue weighted by molar-refractivity contribution is -0.114. The van der Waals surface area contributed by atoms with Gasteiger partial charge in [-0.3, -0.25) is 4.79 Å². The van der Waals surface area contributed by atoms with E-state index in [1.54, 1.807) is 0 Å². The van der Waals surface area contributed by atoms with E-state index in [0.717, 1.165) is 28.1 Å². The van der Waals surface area contributed by atoms with E-state index in [4.69, 9.17) is 5.73 Å². The first-order valence-electron chi connectivity index (χ1n) is 7.11. The minimum Gasteiger partial charge on any atom is -0.330 e. The number of rotatable bonds is 3. The second kappa shape index (κ2) is 5.61. The summed E-state index contributed by atoms with van der Waals surface area (Å²) in [6, 6.07) is 15.1. The lowest BCUT2D eigenvalue weighted by atomic mass is 10.1. The van der Waals surface area contributed by atoms with Crippen LogP contribution in [-0.4, -0.2) is 15.5 Å². The minimum absolute atomic E-state index is 0.103. The largest absolute Gasteiger partial charge is 0.330 e. The molecule has 1 amide bonds. The van der Waals surface area contributed by atoms with Gasteiger partial charge in [-0.1, -0.05) is 24.3 Å². The molecule has 0 aliphatic carbocycles. The number of imidazole rings is 1. The van der Waals surface area contributed by atoms with E-state index in [1.165, 1.54) is 6.92 Å². The molecule has 2 aromatic carbocycles. The average molecular weight is 294 g/mol. The van der Waals surface area contributed by atoms with E-state index in [2.05, 4.69) is 10.3 Å². The predicted molar refractivity (Wildman–Crippen MR) is 87.5 cm³/mol. The Balaban J connectivity index is 2.00. The van der Waals surface area contributed by atoms with Gasteiger partial charge in [-0.05, 0) is 29.8 Å². The maximum absolute atomic E-state index is 11.2. The number of nitrogens with two attached hydrogens (primary N) is 1. The quantitative estimate of drug-likeness (QED) is 0.779. The Hall–Kier alpha value is -2.66. The van der Waals surface area contributed by atoms with Gasteiger partial charge in [0.1, 0.15) is 5.82 Å². The van der Waals surface area contributed by atoms with Crippen LogP contribution in [0.4, 0.5) is 5.69 Å². The van der Waals surface area contributed by atoms with Gasteiger partial charge < -0.3 is 15.6 Å². The Morgan fingerprint density at radius 1 is 1.23 bits per heavy atom. The van der Waals surface area contributed by atoms with Gasteiger partial charge in [0.2, 0.25) is 5.91 Å². The number of amides is 1. The average Bonchev–Trinajstić information content (AvgIpc) is 2.84. The number of hydrogen-bond acceptors (Lipinski definition) is 3. The first-order chi connectivity index (χ1) is 10.6. The Morgan fingerprint density at radius 3 is 2.73 bits per heavy atom. The van der Waals surface area contributed by atoms with Crippen LogP contribution in [0.3, 0.4) is 0 Å². The normalized spacial score (nSPS) is 12.3. The molecule has 0 aliphatic rings. The maximum atomic E-state index is 11.2. The zero-order valence-electron chi connectivity index (χ0n) is 12.6. The van der Waals surface area contributed by atoms with Crippen LogP contribution < -0.4 is 11.1 Å². The molecule has 3 rings (SSSR count). The van der Waals surface area contributed by atoms with Crippen molar-refractivity contribution in [2.45, 2.75) is 13.0 Å². The summed E-state index contributed by atoms with van der Waals surface area (Å²) in [7, 11) is 1.96. The van der Waals surface area contributed by atoms with E-state index >= 15 is 0 Å². The SMILES string of the molecule is CC(=O)Nc1cccc(C(N)c2nc3ccccc3n2C)c1. The third kappa shape index (κ3) is 2.58. The monoisotopic (exact) mass is 294 g/mol. The molecule has 0 spiro atoms. The molecular weight excluding hydrogens is 276 g/mol. The molecule has 1 aromatic heterocycles. The summed E-state index contributed by atoms with van der Waals surface area (Å²) < 4.78 is 2.01. The number of aromatic nitrogens is 2. The number of para-hydroxylation sites is 2. The molecule has 0 radical (unpaired) electrons. The lowest BCUT2D eigenvalue weighted by Gasteiger charge is -2.13. The van der Waals surface area contributed by atoms with E-state index < -0.39 is 0 Å². The first kappa shape index (κ1) is 14.3. The number of benzene rings is 2. The number of nitrogens with zero attached hydrogens (tertiary/aromatic N) is 2. The fraction of sp³-hybridized carbons (Fsp3) is 0.176. The summed E-state index contributed by atoms with van der Waals surface area (Å²) in [4.78, 5) is 15.8. The van der Waals surface area contributed by atoms with Crippen LogP contribution in [0.1, 0.15) is 24.4 Å². The molecule has 1 heterocycles. The van der Waals surface area contributed by atoms with Gasteiger partial charge in [-0.2, -0.15) is 0 Å². The number of anilines is 1. The van der Waals surface area contributed by atoms with Crippen LogP contribution in [0, 0.1) is 0 Å². The van der Waals surface area contributed by atoms with Gasteiger partial charge in [0, 0.05) is 19.7 Å². The molecule has 3 aromatic rings. The topological polar surface area (TPSA) is 72.9 Å². The van der Waals surface area contributed by atoms with Crippen molar-refractivity contribution in [1.82, 2.24) is 9.55 Å². The fourth-order valence-corrected chi connectivity index (χ4v) is 2.60. The third-order valence-corrected chi connectivity index (χ3v) is 3.67. The molecule has 3 N–H and O–H groups in total. The third-order valence-electron chi connectivity index (χ3n) is 3.67. The zero-order chi connectivity index (χ0) is 15.7. The number of fused-ring (bicyclic) bond motifs is 1. The van der Waals surface area contributed by atoms with E-state index in [0.29, 0.717) is 0 Å². The van der Waals surface area contributed by atoms with Crippen molar-refractivity contribution in [2.24, 2.45) is 12.8 Å². The second-order valence-corrected chi connectivity index (χ2v) is 5.30. The van der Waals surface area contributed by atoms with Gasteiger partial charge in [0.05, 0.1) is 17.1 Å². The molecule has 1 atom stereocenters. The molecule has 5 heteroatoms. The first-order valence-corrected chi connectivity index (χ1v) is 7.11. The van der Waals surface area contributed by atoms with Crippen LogP contribution in [0.2, 0.25) is 0 Å². The van der Waals surface area contributed by atoms with Crippen molar-refractivity contribution in [1.29, 1.82) is 0 Å². The maximum Gasteiger partial charge on any atom is 0.221 e.